The molecule has 0 aliphatic carbocycles. The van der Waals surface area contributed by atoms with Gasteiger partial charge in [-0.15, -0.1) is 0 Å². The zero-order valence-corrected chi connectivity index (χ0v) is 16.1. The van der Waals surface area contributed by atoms with Crippen LogP contribution in [0.4, 0.5) is 5.82 Å². The third kappa shape index (κ3) is 3.58. The average molecular weight is 422 g/mol. The van der Waals surface area contributed by atoms with E-state index in [4.69, 9.17) is 23.2 Å². The molecule has 0 unspecified atom stereocenters. The molecular formula is C18H13Cl2N3O3S. The molecule has 4 rings (SSSR count). The van der Waals surface area contributed by atoms with Gasteiger partial charge in [-0.25, -0.2) is 13.1 Å². The minimum absolute atomic E-state index is 0.150. The van der Waals surface area contributed by atoms with E-state index in [-0.39, 0.29) is 11.5 Å². The van der Waals surface area contributed by atoms with Crippen LogP contribution in [0.5, 0.6) is 0 Å². The highest BCUT2D eigenvalue weighted by molar-refractivity contribution is 7.90. The number of nitrogens with one attached hydrogen (secondary N) is 1. The van der Waals surface area contributed by atoms with E-state index < -0.39 is 15.7 Å². The summed E-state index contributed by atoms with van der Waals surface area (Å²) in [5.41, 5.74) is 1.96. The number of halogens is 2. The Labute approximate surface area is 165 Å². The van der Waals surface area contributed by atoms with Crippen LogP contribution in [0.1, 0.15) is 21.6 Å². The van der Waals surface area contributed by atoms with Gasteiger partial charge in [0.05, 0.1) is 22.9 Å². The molecule has 0 spiro atoms. The van der Waals surface area contributed by atoms with Crippen molar-refractivity contribution >= 4 is 44.8 Å². The summed E-state index contributed by atoms with van der Waals surface area (Å²) >= 11 is 11.9. The van der Waals surface area contributed by atoms with Crippen molar-refractivity contribution in [3.8, 4) is 5.69 Å². The largest absolute Gasteiger partial charge is 0.306 e. The van der Waals surface area contributed by atoms with Crippen LogP contribution in [0, 0.1) is 0 Å². The van der Waals surface area contributed by atoms with Gasteiger partial charge in [0.15, 0.2) is 9.84 Å². The number of nitrogens with zero attached hydrogens (tertiary/aromatic N) is 2. The van der Waals surface area contributed by atoms with Crippen LogP contribution in [0.15, 0.2) is 48.5 Å². The van der Waals surface area contributed by atoms with Crippen LogP contribution >= 0.6 is 23.2 Å². The van der Waals surface area contributed by atoms with Crippen molar-refractivity contribution in [2.75, 3.05) is 5.32 Å². The fraction of sp³-hybridized carbons (Fsp3) is 0.111. The molecule has 0 atom stereocenters. The van der Waals surface area contributed by atoms with Gasteiger partial charge < -0.3 is 5.32 Å². The molecule has 9 heteroatoms. The van der Waals surface area contributed by atoms with Gasteiger partial charge in [-0.05, 0) is 42.5 Å². The Kier molecular flexibility index (Phi) is 4.46. The SMILES string of the molecule is O=C(Nc1c2c(nn1-c1ccc(Cl)cc1)CS(=O)(=O)C2)c1cccc(Cl)c1. The normalized spacial score (nSPS) is 14.7. The van der Waals surface area contributed by atoms with Crippen LogP contribution < -0.4 is 5.32 Å². The van der Waals surface area contributed by atoms with E-state index in [9.17, 15) is 13.2 Å². The topological polar surface area (TPSA) is 81.1 Å². The summed E-state index contributed by atoms with van der Waals surface area (Å²) in [5, 5.41) is 8.19. The molecule has 2 aromatic carbocycles. The molecule has 2 heterocycles. The number of aromatic nitrogens is 2. The fourth-order valence-corrected chi connectivity index (χ4v) is 4.76. The van der Waals surface area contributed by atoms with E-state index >= 15 is 0 Å². The quantitative estimate of drug-likeness (QED) is 0.695. The van der Waals surface area contributed by atoms with E-state index in [0.29, 0.717) is 38.4 Å². The number of amides is 1. The number of anilines is 1. The summed E-state index contributed by atoms with van der Waals surface area (Å²) < 4.78 is 25.5. The third-order valence-electron chi connectivity index (χ3n) is 4.18. The minimum Gasteiger partial charge on any atom is -0.306 e. The standard InChI is InChI=1S/C18H13Cl2N3O3S/c19-12-4-6-14(7-5-12)23-17(15-9-27(25,26)10-16(15)22-23)21-18(24)11-2-1-3-13(20)8-11/h1-8H,9-10H2,(H,21,24). The number of benzene rings is 2. The number of carbonyl (C=O) groups is 1. The van der Waals surface area contributed by atoms with Crippen molar-refractivity contribution in [1.82, 2.24) is 9.78 Å². The van der Waals surface area contributed by atoms with Crippen LogP contribution in [0.25, 0.3) is 5.69 Å². The zero-order valence-electron chi connectivity index (χ0n) is 13.8. The van der Waals surface area contributed by atoms with E-state index in [1.165, 1.54) is 10.7 Å². The summed E-state index contributed by atoms with van der Waals surface area (Å²) in [6.45, 7) is 0. The molecule has 6 nitrogen and oxygen atoms in total. The monoisotopic (exact) mass is 421 g/mol. The molecule has 1 aliphatic rings. The molecule has 1 amide bonds. The smallest absolute Gasteiger partial charge is 0.256 e. The van der Waals surface area contributed by atoms with E-state index in [1.54, 1.807) is 42.5 Å². The second-order valence-electron chi connectivity index (χ2n) is 6.16. The molecule has 27 heavy (non-hydrogen) atoms. The zero-order chi connectivity index (χ0) is 19.2. The Hall–Kier alpha value is -2.35. The summed E-state index contributed by atoms with van der Waals surface area (Å²) in [4.78, 5) is 12.7. The van der Waals surface area contributed by atoms with Gasteiger partial charge in [0, 0.05) is 21.2 Å². The van der Waals surface area contributed by atoms with Crippen molar-refractivity contribution in [3.63, 3.8) is 0 Å². The van der Waals surface area contributed by atoms with E-state index in [2.05, 4.69) is 10.4 Å². The Bertz CT molecular complexity index is 1160. The lowest BCUT2D eigenvalue weighted by molar-refractivity contribution is 0.102. The molecule has 3 aromatic rings. The third-order valence-corrected chi connectivity index (χ3v) is 6.11. The molecule has 0 fully saturated rings. The minimum atomic E-state index is -3.27. The van der Waals surface area contributed by atoms with Crippen LogP contribution in [0.2, 0.25) is 10.0 Å². The average Bonchev–Trinajstić information content (AvgIpc) is 3.08. The number of carbonyl (C=O) groups excluding carboxylic acids is 1. The second kappa shape index (κ2) is 6.67. The maximum atomic E-state index is 12.7. The molecule has 0 radical (unpaired) electrons. The molecule has 1 N–H and O–H groups in total. The van der Waals surface area contributed by atoms with Gasteiger partial charge in [0.1, 0.15) is 5.82 Å². The van der Waals surface area contributed by atoms with Crippen molar-refractivity contribution in [2.24, 2.45) is 0 Å². The van der Waals surface area contributed by atoms with Crippen molar-refractivity contribution < 1.29 is 13.2 Å². The molecule has 1 aliphatic heterocycles. The summed E-state index contributed by atoms with van der Waals surface area (Å²) in [6, 6.07) is 13.4. The number of sulfone groups is 1. The maximum Gasteiger partial charge on any atom is 0.256 e. The number of rotatable bonds is 3. The van der Waals surface area contributed by atoms with Gasteiger partial charge in [-0.1, -0.05) is 29.3 Å². The summed E-state index contributed by atoms with van der Waals surface area (Å²) in [7, 11) is -3.27. The van der Waals surface area contributed by atoms with Crippen molar-refractivity contribution in [3.05, 3.63) is 75.4 Å². The van der Waals surface area contributed by atoms with Crippen LogP contribution in [0.3, 0.4) is 0 Å². The first-order chi connectivity index (χ1) is 12.8. The van der Waals surface area contributed by atoms with Gasteiger partial charge in [0.25, 0.3) is 5.91 Å². The summed E-state index contributed by atoms with van der Waals surface area (Å²) in [6.07, 6.45) is 0. The Morgan fingerprint density at radius 2 is 1.78 bits per heavy atom. The van der Waals surface area contributed by atoms with Crippen molar-refractivity contribution in [1.29, 1.82) is 0 Å². The van der Waals surface area contributed by atoms with Crippen molar-refractivity contribution in [2.45, 2.75) is 11.5 Å². The van der Waals surface area contributed by atoms with E-state index in [0.717, 1.165) is 0 Å². The van der Waals surface area contributed by atoms with Gasteiger partial charge in [0.2, 0.25) is 0 Å². The first kappa shape index (κ1) is 18.0. The lowest BCUT2D eigenvalue weighted by atomic mass is 10.2. The highest BCUT2D eigenvalue weighted by Gasteiger charge is 2.33. The van der Waals surface area contributed by atoms with Crippen LogP contribution in [-0.2, 0) is 21.3 Å². The lowest BCUT2D eigenvalue weighted by Gasteiger charge is -2.11. The number of hydrogen-bond acceptors (Lipinski definition) is 4. The second-order valence-corrected chi connectivity index (χ2v) is 9.10. The predicted molar refractivity (Wildman–Crippen MR) is 104 cm³/mol. The van der Waals surface area contributed by atoms with Crippen LogP contribution in [-0.4, -0.2) is 24.1 Å². The maximum absolute atomic E-state index is 12.7. The molecule has 1 aromatic heterocycles. The molecule has 138 valence electrons. The van der Waals surface area contributed by atoms with Gasteiger partial charge in [-0.2, -0.15) is 5.10 Å². The summed E-state index contributed by atoms with van der Waals surface area (Å²) in [5.74, 6) is -0.387. The number of fused-ring (bicyclic) bond motifs is 1. The first-order valence-electron chi connectivity index (χ1n) is 7.96. The fourth-order valence-electron chi connectivity index (χ4n) is 2.95. The predicted octanol–water partition coefficient (Wildman–Crippen LogP) is 3.86. The van der Waals surface area contributed by atoms with Gasteiger partial charge in [-0.3, -0.25) is 4.79 Å². The Morgan fingerprint density at radius 3 is 2.48 bits per heavy atom. The molecular weight excluding hydrogens is 409 g/mol. The molecule has 0 bridgehead atoms. The Balaban J connectivity index is 1.78. The van der Waals surface area contributed by atoms with E-state index in [1.807, 2.05) is 0 Å². The highest BCUT2D eigenvalue weighted by atomic mass is 35.5. The number of hydrogen-bond donors (Lipinski definition) is 1. The van der Waals surface area contributed by atoms with Gasteiger partial charge >= 0.3 is 0 Å². The highest BCUT2D eigenvalue weighted by Crippen LogP contribution is 2.33. The lowest BCUT2D eigenvalue weighted by Crippen LogP contribution is -2.17. The molecule has 0 saturated carbocycles. The molecule has 0 saturated heterocycles. The first-order valence-corrected chi connectivity index (χ1v) is 10.5. The Morgan fingerprint density at radius 1 is 1.04 bits per heavy atom.